The lowest BCUT2D eigenvalue weighted by Crippen LogP contribution is -2.11. The molecule has 1 aromatic heterocycles. The minimum atomic E-state index is 0.888. The molecule has 2 nitrogen and oxygen atoms in total. The fourth-order valence-corrected chi connectivity index (χ4v) is 7.76. The number of fused-ring (bicyclic) bond motifs is 5. The highest BCUT2D eigenvalue weighted by Gasteiger charge is 2.20. The molecule has 0 aliphatic heterocycles. The lowest BCUT2D eigenvalue weighted by molar-refractivity contribution is 0.669. The smallest absolute Gasteiger partial charge is 0.136 e. The predicted molar refractivity (Wildman–Crippen MR) is 220 cm³/mol. The molecule has 0 bridgehead atoms. The second-order valence-corrected chi connectivity index (χ2v) is 13.3. The van der Waals surface area contributed by atoms with Gasteiger partial charge in [0.1, 0.15) is 11.2 Å². The van der Waals surface area contributed by atoms with Crippen LogP contribution in [-0.2, 0) is 0 Å². The molecule has 0 unspecified atom stereocenters. The summed E-state index contributed by atoms with van der Waals surface area (Å²) in [4.78, 5) is 2.38. The van der Waals surface area contributed by atoms with Crippen molar-refractivity contribution in [2.75, 3.05) is 4.90 Å². The highest BCUT2D eigenvalue weighted by Crippen LogP contribution is 2.45. The van der Waals surface area contributed by atoms with E-state index in [2.05, 4.69) is 193 Å². The summed E-state index contributed by atoms with van der Waals surface area (Å²) >= 11 is 0. The molecule has 0 spiro atoms. The van der Waals surface area contributed by atoms with Crippen molar-refractivity contribution in [3.05, 3.63) is 200 Å². The van der Waals surface area contributed by atoms with E-state index in [0.717, 1.165) is 50.1 Å². The molecule has 10 rings (SSSR count). The van der Waals surface area contributed by atoms with Gasteiger partial charge in [-0.3, -0.25) is 0 Å². The van der Waals surface area contributed by atoms with E-state index in [4.69, 9.17) is 4.42 Å². The van der Waals surface area contributed by atoms with Gasteiger partial charge >= 0.3 is 0 Å². The first kappa shape index (κ1) is 30.0. The first-order valence-electron chi connectivity index (χ1n) is 17.8. The SMILES string of the molecule is c1ccc(N(c2ccc(-c3ccc4ccccc4c3)cc2)c2ccc(-c3cccc4ccccc34)cc2)c(-c2cccc3oc4ccccc4c23)c1. The maximum Gasteiger partial charge on any atom is 0.136 e. The maximum absolute atomic E-state index is 6.34. The zero-order valence-electron chi connectivity index (χ0n) is 28.4. The van der Waals surface area contributed by atoms with E-state index in [-0.39, 0.29) is 0 Å². The molecule has 0 N–H and O–H groups in total. The predicted octanol–water partition coefficient (Wildman–Crippen LogP) is 14.4. The van der Waals surface area contributed by atoms with E-state index in [0.29, 0.717) is 0 Å². The highest BCUT2D eigenvalue weighted by molar-refractivity contribution is 6.14. The van der Waals surface area contributed by atoms with Gasteiger partial charge in [-0.25, -0.2) is 0 Å². The van der Waals surface area contributed by atoms with Gasteiger partial charge in [0.25, 0.3) is 0 Å². The molecule has 0 saturated heterocycles. The number of hydrogen-bond acceptors (Lipinski definition) is 2. The first-order valence-corrected chi connectivity index (χ1v) is 17.8. The molecule has 0 amide bonds. The minimum absolute atomic E-state index is 0.888. The lowest BCUT2D eigenvalue weighted by Gasteiger charge is -2.28. The Balaban J connectivity index is 1.13. The summed E-state index contributed by atoms with van der Waals surface area (Å²) in [5, 5.41) is 7.23. The number of benzene rings is 9. The number of rotatable bonds is 6. The van der Waals surface area contributed by atoms with E-state index in [9.17, 15) is 0 Å². The molecule has 2 heteroatoms. The summed E-state index contributed by atoms with van der Waals surface area (Å²) in [6.07, 6.45) is 0. The second-order valence-electron chi connectivity index (χ2n) is 13.3. The van der Waals surface area contributed by atoms with Crippen LogP contribution in [0.1, 0.15) is 0 Å². The van der Waals surface area contributed by atoms with Gasteiger partial charge < -0.3 is 9.32 Å². The van der Waals surface area contributed by atoms with Crippen LogP contribution in [0.25, 0.3) is 76.9 Å². The zero-order chi connectivity index (χ0) is 34.4. The lowest BCUT2D eigenvalue weighted by atomic mass is 9.96. The summed E-state index contributed by atoms with van der Waals surface area (Å²) < 4.78 is 6.34. The van der Waals surface area contributed by atoms with Gasteiger partial charge in [0.05, 0.1) is 5.69 Å². The average Bonchev–Trinajstić information content (AvgIpc) is 3.61. The van der Waals surface area contributed by atoms with Crippen LogP contribution in [0.4, 0.5) is 17.1 Å². The van der Waals surface area contributed by atoms with E-state index in [1.54, 1.807) is 0 Å². The average molecular weight is 664 g/mol. The van der Waals surface area contributed by atoms with Crippen LogP contribution >= 0.6 is 0 Å². The van der Waals surface area contributed by atoms with Gasteiger partial charge in [-0.15, -0.1) is 0 Å². The molecule has 0 fully saturated rings. The van der Waals surface area contributed by atoms with Crippen molar-refractivity contribution in [1.82, 2.24) is 0 Å². The molecule has 0 aliphatic rings. The van der Waals surface area contributed by atoms with E-state index in [1.807, 2.05) is 12.1 Å². The third-order valence-corrected chi connectivity index (χ3v) is 10.3. The summed E-state index contributed by atoms with van der Waals surface area (Å²) in [5.41, 5.74) is 12.1. The number of furan rings is 1. The fraction of sp³-hybridized carbons (Fsp3) is 0. The highest BCUT2D eigenvalue weighted by atomic mass is 16.3. The van der Waals surface area contributed by atoms with Crippen molar-refractivity contribution in [3.63, 3.8) is 0 Å². The Hall–Kier alpha value is -6.90. The van der Waals surface area contributed by atoms with Gasteiger partial charge in [0.15, 0.2) is 0 Å². The van der Waals surface area contributed by atoms with Gasteiger partial charge in [0, 0.05) is 27.7 Å². The molecule has 0 radical (unpaired) electrons. The van der Waals surface area contributed by atoms with Crippen molar-refractivity contribution in [2.45, 2.75) is 0 Å². The van der Waals surface area contributed by atoms with Crippen molar-refractivity contribution in [2.24, 2.45) is 0 Å². The Morgan fingerprint density at radius 2 is 0.885 bits per heavy atom. The van der Waals surface area contributed by atoms with Crippen molar-refractivity contribution >= 4 is 60.5 Å². The Morgan fingerprint density at radius 1 is 0.327 bits per heavy atom. The van der Waals surface area contributed by atoms with Crippen LogP contribution in [0, 0.1) is 0 Å². The largest absolute Gasteiger partial charge is 0.456 e. The van der Waals surface area contributed by atoms with Crippen LogP contribution in [0.3, 0.4) is 0 Å². The van der Waals surface area contributed by atoms with Gasteiger partial charge in [-0.2, -0.15) is 0 Å². The molecule has 1 heterocycles. The molecular formula is C50H33NO. The first-order chi connectivity index (χ1) is 25.8. The Kier molecular flexibility index (Phi) is 7.18. The third kappa shape index (κ3) is 5.12. The van der Waals surface area contributed by atoms with Crippen molar-refractivity contribution in [3.8, 4) is 33.4 Å². The van der Waals surface area contributed by atoms with E-state index >= 15 is 0 Å². The Bertz CT molecular complexity index is 2890. The van der Waals surface area contributed by atoms with Crippen molar-refractivity contribution < 1.29 is 4.42 Å². The number of anilines is 3. The van der Waals surface area contributed by atoms with Crippen LogP contribution in [0.15, 0.2) is 205 Å². The van der Waals surface area contributed by atoms with Crippen LogP contribution < -0.4 is 4.90 Å². The number of para-hydroxylation sites is 2. The summed E-state index contributed by atoms with van der Waals surface area (Å²) in [7, 11) is 0. The third-order valence-electron chi connectivity index (χ3n) is 10.3. The van der Waals surface area contributed by atoms with Crippen LogP contribution in [-0.4, -0.2) is 0 Å². The maximum atomic E-state index is 6.34. The normalized spacial score (nSPS) is 11.5. The number of nitrogens with zero attached hydrogens (tertiary/aromatic N) is 1. The second kappa shape index (κ2) is 12.5. The molecule has 244 valence electrons. The molecule has 9 aromatic carbocycles. The van der Waals surface area contributed by atoms with Gasteiger partial charge in [0.2, 0.25) is 0 Å². The number of hydrogen-bond donors (Lipinski definition) is 0. The molecule has 52 heavy (non-hydrogen) atoms. The van der Waals surface area contributed by atoms with E-state index < -0.39 is 0 Å². The molecular weight excluding hydrogens is 631 g/mol. The molecule has 10 aromatic rings. The minimum Gasteiger partial charge on any atom is -0.456 e. The molecule has 0 atom stereocenters. The summed E-state index contributed by atoms with van der Waals surface area (Å²) in [6, 6.07) is 71.7. The van der Waals surface area contributed by atoms with Crippen LogP contribution in [0.5, 0.6) is 0 Å². The van der Waals surface area contributed by atoms with Gasteiger partial charge in [-0.1, -0.05) is 152 Å². The zero-order valence-corrected chi connectivity index (χ0v) is 28.4. The molecule has 0 saturated carbocycles. The Morgan fingerprint density at radius 3 is 1.71 bits per heavy atom. The topological polar surface area (TPSA) is 16.4 Å². The quantitative estimate of drug-likeness (QED) is 0.176. The molecule has 0 aliphatic carbocycles. The standard InChI is InChI=1S/C50H33NO/c1-2-13-38-33-39(24-23-34(38)11-1)35-25-29-40(30-26-35)51(41-31-27-37(28-32-41)43-18-9-14-36-12-3-4-15-42(36)43)47-20-7-5-16-44(47)45-19-10-22-49-50(45)46-17-6-8-21-48(46)52-49/h1-33H. The Labute approximate surface area is 302 Å². The van der Waals surface area contributed by atoms with Crippen LogP contribution in [0.2, 0.25) is 0 Å². The van der Waals surface area contributed by atoms with Crippen molar-refractivity contribution in [1.29, 1.82) is 0 Å². The summed E-state index contributed by atoms with van der Waals surface area (Å²) in [5.74, 6) is 0. The van der Waals surface area contributed by atoms with Gasteiger partial charge in [-0.05, 0) is 97.9 Å². The monoisotopic (exact) mass is 663 g/mol. The fourth-order valence-electron chi connectivity index (χ4n) is 7.76. The van der Waals surface area contributed by atoms with E-state index in [1.165, 1.54) is 43.8 Å². The summed E-state index contributed by atoms with van der Waals surface area (Å²) in [6.45, 7) is 0.